The lowest BCUT2D eigenvalue weighted by Gasteiger charge is -2.33. The molecule has 2 unspecified atom stereocenters. The summed E-state index contributed by atoms with van der Waals surface area (Å²) < 4.78 is 47.9. The average molecular weight is 661 g/mol. The highest BCUT2D eigenvalue weighted by Gasteiger charge is 2.37. The highest BCUT2D eigenvalue weighted by molar-refractivity contribution is 7.90. The largest absolute Gasteiger partial charge is 0.497 e. The molecule has 2 aliphatic heterocycles. The van der Waals surface area contributed by atoms with Crippen LogP contribution in [0.4, 0.5) is 4.39 Å². The smallest absolute Gasteiger partial charge is 0.344 e. The first-order valence-electron chi connectivity index (χ1n) is 15.7. The molecule has 0 bridgehead atoms. The predicted molar refractivity (Wildman–Crippen MR) is 175 cm³/mol. The van der Waals surface area contributed by atoms with Gasteiger partial charge in [-0.3, -0.25) is 9.36 Å². The van der Waals surface area contributed by atoms with Gasteiger partial charge in [0.2, 0.25) is 0 Å². The predicted octanol–water partition coefficient (Wildman–Crippen LogP) is 3.13. The van der Waals surface area contributed by atoms with Crippen molar-refractivity contribution >= 4 is 27.0 Å². The van der Waals surface area contributed by atoms with Gasteiger partial charge in [-0.15, -0.1) is 0 Å². The normalized spacial score (nSPS) is 18.3. The maximum Gasteiger partial charge on any atom is 0.344 e. The SMILES string of the molecule is COc1ccc(S(=O)(=O)n2c(=O)n(C(C(=O)N3CCC(NC4CCN(CCF)CC4)C3)c3ccccc3)c3cc(C#N)ccc32)cc1. The fourth-order valence-corrected chi connectivity index (χ4v) is 8.08. The molecule has 3 heterocycles. The maximum absolute atomic E-state index is 14.5. The van der Waals surface area contributed by atoms with E-state index >= 15 is 0 Å². The summed E-state index contributed by atoms with van der Waals surface area (Å²) in [6.07, 6.45) is 2.52. The van der Waals surface area contributed by atoms with Crippen LogP contribution in [0.1, 0.15) is 36.4 Å². The number of likely N-dealkylation sites (tertiary alicyclic amines) is 2. The van der Waals surface area contributed by atoms with Gasteiger partial charge in [0.25, 0.3) is 15.9 Å². The molecule has 6 rings (SSSR count). The van der Waals surface area contributed by atoms with Gasteiger partial charge in [0.1, 0.15) is 18.5 Å². The van der Waals surface area contributed by atoms with Gasteiger partial charge in [-0.05, 0) is 80.4 Å². The summed E-state index contributed by atoms with van der Waals surface area (Å²) in [7, 11) is -2.96. The van der Waals surface area contributed by atoms with Crippen molar-refractivity contribution in [2.75, 3.05) is 46.5 Å². The summed E-state index contributed by atoms with van der Waals surface area (Å²) in [6.45, 7) is 2.63. The van der Waals surface area contributed by atoms with E-state index in [2.05, 4.69) is 16.3 Å². The minimum absolute atomic E-state index is 0.0480. The molecule has 246 valence electrons. The Morgan fingerprint density at radius 2 is 1.70 bits per heavy atom. The lowest BCUT2D eigenvalue weighted by atomic mass is 10.0. The lowest BCUT2D eigenvalue weighted by Crippen LogP contribution is -2.48. The summed E-state index contributed by atoms with van der Waals surface area (Å²) in [4.78, 5) is 32.6. The molecule has 2 saturated heterocycles. The number of methoxy groups -OCH3 is 1. The van der Waals surface area contributed by atoms with E-state index in [0.29, 0.717) is 34.9 Å². The number of aromatic nitrogens is 2. The van der Waals surface area contributed by atoms with E-state index in [1.807, 2.05) is 0 Å². The number of imidazole rings is 1. The molecular weight excluding hydrogens is 623 g/mol. The van der Waals surface area contributed by atoms with Crippen molar-refractivity contribution in [2.24, 2.45) is 0 Å². The molecule has 13 heteroatoms. The van der Waals surface area contributed by atoms with Gasteiger partial charge in [0.15, 0.2) is 0 Å². The van der Waals surface area contributed by atoms with Crippen molar-refractivity contribution in [2.45, 2.75) is 42.3 Å². The minimum Gasteiger partial charge on any atom is -0.497 e. The van der Waals surface area contributed by atoms with Crippen LogP contribution in [0.15, 0.2) is 82.5 Å². The fraction of sp³-hybridized carbons (Fsp3) is 0.382. The topological polar surface area (TPSA) is 130 Å². The first-order chi connectivity index (χ1) is 22.7. The number of halogens is 1. The van der Waals surface area contributed by atoms with Crippen molar-refractivity contribution in [1.82, 2.24) is 23.7 Å². The molecule has 0 saturated carbocycles. The van der Waals surface area contributed by atoms with E-state index in [0.717, 1.165) is 32.4 Å². The molecule has 0 aliphatic carbocycles. The molecule has 1 amide bonds. The van der Waals surface area contributed by atoms with E-state index < -0.39 is 21.8 Å². The van der Waals surface area contributed by atoms with E-state index in [-0.39, 0.29) is 46.2 Å². The molecule has 1 N–H and O–H groups in total. The number of nitriles is 1. The van der Waals surface area contributed by atoms with Crippen LogP contribution in [0.25, 0.3) is 11.0 Å². The number of alkyl halides is 1. The van der Waals surface area contributed by atoms with Gasteiger partial charge in [-0.1, -0.05) is 30.3 Å². The minimum atomic E-state index is -4.43. The third-order valence-electron chi connectivity index (χ3n) is 9.13. The number of rotatable bonds is 10. The zero-order chi connectivity index (χ0) is 33.1. The van der Waals surface area contributed by atoms with Gasteiger partial charge >= 0.3 is 5.69 Å². The zero-order valence-corrected chi connectivity index (χ0v) is 26.9. The number of fused-ring (bicyclic) bond motifs is 1. The van der Waals surface area contributed by atoms with Crippen LogP contribution < -0.4 is 15.7 Å². The van der Waals surface area contributed by atoms with E-state index in [4.69, 9.17) is 4.74 Å². The van der Waals surface area contributed by atoms with Crippen LogP contribution in [0.5, 0.6) is 5.75 Å². The van der Waals surface area contributed by atoms with E-state index in [9.17, 15) is 27.7 Å². The van der Waals surface area contributed by atoms with Crippen LogP contribution in [0, 0.1) is 11.3 Å². The number of nitrogens with one attached hydrogen (secondary N) is 1. The molecule has 2 aliphatic rings. The van der Waals surface area contributed by atoms with Crippen LogP contribution >= 0.6 is 0 Å². The molecular formula is C34H37FN6O5S. The molecule has 2 fully saturated rings. The first kappa shape index (κ1) is 32.4. The van der Waals surface area contributed by atoms with Crippen molar-refractivity contribution in [1.29, 1.82) is 5.26 Å². The number of carbonyl (C=O) groups excluding carboxylic acids is 1. The van der Waals surface area contributed by atoms with Crippen LogP contribution in [-0.4, -0.2) is 91.3 Å². The fourth-order valence-electron chi connectivity index (χ4n) is 6.68. The second-order valence-electron chi connectivity index (χ2n) is 12.0. The Hall–Kier alpha value is -4.51. The Morgan fingerprint density at radius 3 is 2.36 bits per heavy atom. The number of ether oxygens (including phenoxy) is 1. The molecule has 4 aromatic rings. The molecule has 1 aromatic heterocycles. The summed E-state index contributed by atoms with van der Waals surface area (Å²) >= 11 is 0. The number of benzene rings is 3. The van der Waals surface area contributed by atoms with Gasteiger partial charge in [0.05, 0.1) is 34.7 Å². The summed E-state index contributed by atoms with van der Waals surface area (Å²) in [6, 6.07) is 20.0. The Bertz CT molecular complexity index is 1950. The van der Waals surface area contributed by atoms with Crippen molar-refractivity contribution in [3.8, 4) is 11.8 Å². The van der Waals surface area contributed by atoms with Gasteiger partial charge in [0, 0.05) is 31.7 Å². The molecule has 11 nitrogen and oxygen atoms in total. The van der Waals surface area contributed by atoms with Gasteiger partial charge in [-0.25, -0.2) is 17.6 Å². The van der Waals surface area contributed by atoms with Gasteiger partial charge < -0.3 is 19.9 Å². The summed E-state index contributed by atoms with van der Waals surface area (Å²) in [5.41, 5.74) is 0.0231. The van der Waals surface area contributed by atoms with Crippen molar-refractivity contribution in [3.63, 3.8) is 0 Å². The Labute approximate surface area is 272 Å². The Kier molecular flexibility index (Phi) is 9.45. The highest BCUT2D eigenvalue weighted by atomic mass is 32.2. The molecule has 0 radical (unpaired) electrons. The van der Waals surface area contributed by atoms with Crippen LogP contribution in [-0.2, 0) is 14.8 Å². The third-order valence-corrected chi connectivity index (χ3v) is 10.8. The van der Waals surface area contributed by atoms with Crippen LogP contribution in [0.3, 0.4) is 0 Å². The lowest BCUT2D eigenvalue weighted by molar-refractivity contribution is -0.132. The quantitative estimate of drug-likeness (QED) is 0.275. The first-order valence-corrected chi connectivity index (χ1v) is 17.1. The average Bonchev–Trinajstić information content (AvgIpc) is 3.68. The Balaban J connectivity index is 1.38. The Morgan fingerprint density at radius 1 is 1.00 bits per heavy atom. The molecule has 2 atom stereocenters. The number of carbonyl (C=O) groups is 1. The van der Waals surface area contributed by atoms with E-state index in [1.165, 1.54) is 54.1 Å². The second-order valence-corrected chi connectivity index (χ2v) is 13.8. The monoisotopic (exact) mass is 660 g/mol. The van der Waals surface area contributed by atoms with E-state index in [1.54, 1.807) is 35.2 Å². The van der Waals surface area contributed by atoms with Crippen molar-refractivity contribution < 1.29 is 22.3 Å². The summed E-state index contributed by atoms with van der Waals surface area (Å²) in [5.74, 6) is 0.108. The number of hydrogen-bond donors (Lipinski definition) is 1. The molecule has 47 heavy (non-hydrogen) atoms. The van der Waals surface area contributed by atoms with Gasteiger partial charge in [-0.2, -0.15) is 9.23 Å². The third kappa shape index (κ3) is 6.41. The zero-order valence-electron chi connectivity index (χ0n) is 26.1. The second kappa shape index (κ2) is 13.7. The number of amides is 1. The summed E-state index contributed by atoms with van der Waals surface area (Å²) in [5, 5.41) is 13.4. The maximum atomic E-state index is 14.5. The number of piperidine rings is 1. The standard InChI is InChI=1S/C34H37FN6O5S/c1-46-28-8-10-29(11-9-28)47(44,45)41-30-12-7-24(22-36)21-31(30)40(34(41)43)32(25-5-3-2-4-6-25)33(42)39-19-15-27(23-39)37-26-13-17-38(18-14-26)20-16-35/h2-12,21,26-27,32,37H,13-20,23H2,1H3. The van der Waals surface area contributed by atoms with Crippen molar-refractivity contribution in [3.05, 3.63) is 94.4 Å². The number of nitrogens with zero attached hydrogens (tertiary/aromatic N) is 5. The number of hydrogen-bond acceptors (Lipinski definition) is 8. The molecule has 0 spiro atoms. The molecule has 3 aromatic carbocycles. The van der Waals surface area contributed by atoms with Crippen LogP contribution in [0.2, 0.25) is 0 Å². The highest BCUT2D eigenvalue weighted by Crippen LogP contribution is 2.30.